The molecule has 2 rings (SSSR count). The number of aromatic hydroxyl groups is 1. The van der Waals surface area contributed by atoms with Gasteiger partial charge in [-0.25, -0.2) is 4.98 Å². The van der Waals surface area contributed by atoms with E-state index < -0.39 is 0 Å². The number of benzene rings is 1. The monoisotopic (exact) mass is 270 g/mol. The van der Waals surface area contributed by atoms with Gasteiger partial charge in [-0.1, -0.05) is 23.2 Å². The van der Waals surface area contributed by atoms with Gasteiger partial charge in [0.15, 0.2) is 5.75 Å². The summed E-state index contributed by atoms with van der Waals surface area (Å²) in [7, 11) is 3.91. The second-order valence-corrected chi connectivity index (χ2v) is 4.94. The molecule has 17 heavy (non-hydrogen) atoms. The van der Waals surface area contributed by atoms with Crippen molar-refractivity contribution in [2.24, 2.45) is 0 Å². The third-order valence-electron chi connectivity index (χ3n) is 2.39. The summed E-state index contributed by atoms with van der Waals surface area (Å²) in [6, 6.07) is 5.26. The first-order valence-corrected chi connectivity index (χ1v) is 5.86. The van der Waals surface area contributed by atoms with Crippen LogP contribution in [0.1, 0.15) is 5.69 Å². The predicted octanol–water partition coefficient (Wildman–Crippen LogP) is 3.31. The summed E-state index contributed by atoms with van der Waals surface area (Å²) in [5.74, 6) is -0.0216. The number of phenolic OH excluding ortho intramolecular Hbond substituents is 1. The molecule has 2 aromatic rings. The third kappa shape index (κ3) is 2.46. The van der Waals surface area contributed by atoms with Crippen LogP contribution in [0.5, 0.6) is 5.75 Å². The summed E-state index contributed by atoms with van der Waals surface area (Å²) in [5.41, 5.74) is 1.30. The van der Waals surface area contributed by atoms with Crippen molar-refractivity contribution in [3.63, 3.8) is 0 Å². The maximum Gasteiger partial charge on any atom is 0.160 e. The van der Waals surface area contributed by atoms with E-state index in [0.717, 1.165) is 5.69 Å². The van der Waals surface area contributed by atoms with Gasteiger partial charge in [0.25, 0.3) is 0 Å². The van der Waals surface area contributed by atoms with Crippen molar-refractivity contribution in [1.29, 1.82) is 0 Å². The van der Waals surface area contributed by atoms with Gasteiger partial charge in [-0.2, -0.15) is 0 Å². The Hall–Kier alpha value is -1.03. The number of hydrogen-bond acceptors (Lipinski definition) is 3. The maximum atomic E-state index is 9.87. The maximum absolute atomic E-state index is 9.87. The molecule has 0 aliphatic rings. The fourth-order valence-corrected chi connectivity index (χ4v) is 2.17. The van der Waals surface area contributed by atoms with Crippen molar-refractivity contribution in [2.75, 3.05) is 14.1 Å². The zero-order valence-electron chi connectivity index (χ0n) is 9.54. The van der Waals surface area contributed by atoms with Crippen LogP contribution in [0.15, 0.2) is 18.2 Å². The highest BCUT2D eigenvalue weighted by atomic mass is 35.5. The van der Waals surface area contributed by atoms with E-state index >= 15 is 0 Å². The number of pyridine rings is 1. The van der Waals surface area contributed by atoms with Crippen molar-refractivity contribution < 1.29 is 5.11 Å². The standard InChI is InChI=1S/C12H12Cl2N2O/c1-16(2)6-7-3-4-8-9(13)5-10(14)12(17)11(8)15-7/h3-5,17H,6H2,1-2H3. The summed E-state index contributed by atoms with van der Waals surface area (Å²) in [6.45, 7) is 0.694. The normalized spacial score (nSPS) is 11.4. The van der Waals surface area contributed by atoms with Crippen LogP contribution < -0.4 is 0 Å². The third-order valence-corrected chi connectivity index (χ3v) is 2.99. The highest BCUT2D eigenvalue weighted by Crippen LogP contribution is 2.36. The summed E-state index contributed by atoms with van der Waals surface area (Å²) in [6.07, 6.45) is 0. The molecule has 0 saturated carbocycles. The van der Waals surface area contributed by atoms with Gasteiger partial charge in [0.1, 0.15) is 5.52 Å². The van der Waals surface area contributed by atoms with E-state index in [1.165, 1.54) is 6.07 Å². The number of phenols is 1. The fraction of sp³-hybridized carbons (Fsp3) is 0.250. The molecule has 0 saturated heterocycles. The first-order valence-electron chi connectivity index (χ1n) is 5.10. The Labute approximate surface area is 110 Å². The van der Waals surface area contributed by atoms with Gasteiger partial charge in [0.05, 0.1) is 15.7 Å². The number of rotatable bonds is 2. The van der Waals surface area contributed by atoms with E-state index in [1.807, 2.05) is 31.1 Å². The molecule has 0 radical (unpaired) electrons. The Morgan fingerprint density at radius 1 is 1.24 bits per heavy atom. The molecule has 0 aliphatic carbocycles. The molecule has 0 fully saturated rings. The quantitative estimate of drug-likeness (QED) is 0.910. The molecule has 1 aromatic carbocycles. The lowest BCUT2D eigenvalue weighted by Gasteiger charge is -2.11. The van der Waals surface area contributed by atoms with E-state index in [-0.39, 0.29) is 10.8 Å². The Balaban J connectivity index is 2.63. The van der Waals surface area contributed by atoms with Crippen LogP contribution in [0, 0.1) is 0 Å². The van der Waals surface area contributed by atoms with Crippen molar-refractivity contribution >= 4 is 34.1 Å². The smallest absolute Gasteiger partial charge is 0.160 e. The number of fused-ring (bicyclic) bond motifs is 1. The largest absolute Gasteiger partial charge is 0.504 e. The highest BCUT2D eigenvalue weighted by Gasteiger charge is 2.11. The fourth-order valence-electron chi connectivity index (χ4n) is 1.66. The van der Waals surface area contributed by atoms with E-state index in [9.17, 15) is 5.11 Å². The molecule has 1 heterocycles. The molecule has 3 nitrogen and oxygen atoms in total. The van der Waals surface area contributed by atoms with Crippen LogP contribution in [-0.4, -0.2) is 29.1 Å². The Morgan fingerprint density at radius 3 is 2.59 bits per heavy atom. The average Bonchev–Trinajstić information content (AvgIpc) is 2.25. The van der Waals surface area contributed by atoms with Crippen LogP contribution in [0.25, 0.3) is 10.9 Å². The molecule has 90 valence electrons. The van der Waals surface area contributed by atoms with Crippen LogP contribution >= 0.6 is 23.2 Å². The van der Waals surface area contributed by atoms with Crippen molar-refractivity contribution in [3.8, 4) is 5.75 Å². The highest BCUT2D eigenvalue weighted by molar-refractivity contribution is 6.39. The molecule has 0 atom stereocenters. The first-order chi connectivity index (χ1) is 7.99. The SMILES string of the molecule is CN(C)Cc1ccc2c(Cl)cc(Cl)c(O)c2n1. The van der Waals surface area contributed by atoms with E-state index in [4.69, 9.17) is 23.2 Å². The van der Waals surface area contributed by atoms with Crippen LogP contribution in [-0.2, 0) is 6.54 Å². The summed E-state index contributed by atoms with van der Waals surface area (Å²) >= 11 is 11.9. The van der Waals surface area contributed by atoms with Gasteiger partial charge >= 0.3 is 0 Å². The van der Waals surface area contributed by atoms with Gasteiger partial charge < -0.3 is 10.0 Å². The van der Waals surface area contributed by atoms with Gasteiger partial charge in [0.2, 0.25) is 0 Å². The average molecular weight is 271 g/mol. The number of aromatic nitrogens is 1. The summed E-state index contributed by atoms with van der Waals surface area (Å²) < 4.78 is 0. The topological polar surface area (TPSA) is 36.4 Å². The lowest BCUT2D eigenvalue weighted by molar-refractivity contribution is 0.397. The minimum atomic E-state index is -0.0216. The zero-order valence-corrected chi connectivity index (χ0v) is 11.0. The van der Waals surface area contributed by atoms with Gasteiger partial charge in [-0.3, -0.25) is 0 Å². The zero-order chi connectivity index (χ0) is 12.6. The first kappa shape index (κ1) is 12.4. The molecule has 0 aliphatic heterocycles. The number of halogens is 2. The van der Waals surface area contributed by atoms with Crippen LogP contribution in [0.2, 0.25) is 10.0 Å². The lowest BCUT2D eigenvalue weighted by atomic mass is 10.2. The van der Waals surface area contributed by atoms with Crippen molar-refractivity contribution in [1.82, 2.24) is 9.88 Å². The van der Waals surface area contributed by atoms with Crippen molar-refractivity contribution in [3.05, 3.63) is 33.9 Å². The molecule has 0 unspecified atom stereocenters. The molecule has 0 spiro atoms. The molecule has 0 bridgehead atoms. The Bertz CT molecular complexity index is 570. The summed E-state index contributed by atoms with van der Waals surface area (Å²) in [5, 5.41) is 11.3. The van der Waals surface area contributed by atoms with Crippen LogP contribution in [0.3, 0.4) is 0 Å². The van der Waals surface area contributed by atoms with Gasteiger partial charge in [-0.05, 0) is 32.3 Å². The predicted molar refractivity (Wildman–Crippen MR) is 70.8 cm³/mol. The number of nitrogens with zero attached hydrogens (tertiary/aromatic N) is 2. The molecule has 5 heteroatoms. The van der Waals surface area contributed by atoms with Gasteiger partial charge in [0, 0.05) is 11.9 Å². The number of hydrogen-bond donors (Lipinski definition) is 1. The van der Waals surface area contributed by atoms with E-state index in [0.29, 0.717) is 22.5 Å². The second-order valence-electron chi connectivity index (χ2n) is 4.13. The van der Waals surface area contributed by atoms with E-state index in [1.54, 1.807) is 0 Å². The van der Waals surface area contributed by atoms with Gasteiger partial charge in [-0.15, -0.1) is 0 Å². The molecular weight excluding hydrogens is 259 g/mol. The molecule has 1 N–H and O–H groups in total. The second kappa shape index (κ2) is 4.69. The minimum Gasteiger partial charge on any atom is -0.504 e. The molecule has 1 aromatic heterocycles. The lowest BCUT2D eigenvalue weighted by Crippen LogP contribution is -2.11. The van der Waals surface area contributed by atoms with Crippen LogP contribution in [0.4, 0.5) is 0 Å². The Morgan fingerprint density at radius 2 is 1.94 bits per heavy atom. The van der Waals surface area contributed by atoms with E-state index in [2.05, 4.69) is 4.98 Å². The van der Waals surface area contributed by atoms with Crippen molar-refractivity contribution in [2.45, 2.75) is 6.54 Å². The molecule has 0 amide bonds. The molecular formula is C12H12Cl2N2O. The summed E-state index contributed by atoms with van der Waals surface area (Å²) in [4.78, 5) is 6.37. The minimum absolute atomic E-state index is 0.0216. The Kier molecular flexibility index (Phi) is 3.43.